The number of benzene rings is 4. The van der Waals surface area contributed by atoms with Crippen molar-refractivity contribution in [3.8, 4) is 0 Å². The maximum Gasteiger partial charge on any atom is 0.325 e. The lowest BCUT2D eigenvalue weighted by Crippen LogP contribution is -2.40. The Hall–Kier alpha value is -4.38. The molecule has 2 aliphatic rings. The fourth-order valence-electron chi connectivity index (χ4n) is 4.77. The van der Waals surface area contributed by atoms with Crippen LogP contribution in [-0.2, 0) is 31.3 Å². The standard InChI is InChI=1S/C24H13N3O10S2/c28-21-13-5-1-3-11-17(9-7-15(19(11)13)23(30)26(21)36-38(32)33)25-18-10-8-16-20-12(18)4-2-6-14(20)22(29)27(24(16)31)37-39(34)35/h1-10,25H,(H,32,33)(H,34,35). The maximum absolute atomic E-state index is 12.9. The summed E-state index contributed by atoms with van der Waals surface area (Å²) in [4.78, 5) is 51.5. The summed E-state index contributed by atoms with van der Waals surface area (Å²) in [7, 11) is 0. The molecule has 0 fully saturated rings. The van der Waals surface area contributed by atoms with E-state index >= 15 is 0 Å². The number of imide groups is 2. The van der Waals surface area contributed by atoms with Crippen molar-refractivity contribution in [3.63, 3.8) is 0 Å². The monoisotopic (exact) mass is 567 g/mol. The molecule has 2 atom stereocenters. The highest BCUT2D eigenvalue weighted by atomic mass is 32.2. The molecule has 13 nitrogen and oxygen atoms in total. The number of rotatable bonds is 6. The Bertz CT molecular complexity index is 1680. The van der Waals surface area contributed by atoms with Gasteiger partial charge in [0.15, 0.2) is 0 Å². The molecule has 2 aliphatic heterocycles. The first-order chi connectivity index (χ1) is 18.7. The third kappa shape index (κ3) is 3.84. The van der Waals surface area contributed by atoms with Crippen molar-refractivity contribution in [2.45, 2.75) is 0 Å². The summed E-state index contributed by atoms with van der Waals surface area (Å²) in [5.74, 6) is -3.64. The SMILES string of the molecule is O=C1c2cccc3c(Nc4ccc5c6c(cccc46)C(=O)N(OS(=O)O)C5=O)ccc(c23)C(=O)N1OS(=O)O. The minimum absolute atomic E-state index is 0.0747. The van der Waals surface area contributed by atoms with E-state index in [9.17, 15) is 27.6 Å². The highest BCUT2D eigenvalue weighted by Crippen LogP contribution is 2.39. The van der Waals surface area contributed by atoms with Crippen LogP contribution in [0.15, 0.2) is 60.7 Å². The largest absolute Gasteiger partial charge is 0.355 e. The molecule has 2 unspecified atom stereocenters. The Morgan fingerprint density at radius 2 is 0.923 bits per heavy atom. The summed E-state index contributed by atoms with van der Waals surface area (Å²) >= 11 is -5.80. The van der Waals surface area contributed by atoms with Gasteiger partial charge in [0.25, 0.3) is 23.6 Å². The van der Waals surface area contributed by atoms with E-state index < -0.39 is 46.4 Å². The molecule has 0 aromatic heterocycles. The van der Waals surface area contributed by atoms with Gasteiger partial charge in [-0.1, -0.05) is 24.3 Å². The first-order valence-electron chi connectivity index (χ1n) is 10.9. The second-order valence-electron chi connectivity index (χ2n) is 8.30. The predicted molar refractivity (Wildman–Crippen MR) is 136 cm³/mol. The summed E-state index contributed by atoms with van der Waals surface area (Å²) in [6, 6.07) is 15.4. The maximum atomic E-state index is 12.9. The van der Waals surface area contributed by atoms with Gasteiger partial charge in [0.2, 0.25) is 0 Å². The summed E-state index contributed by atoms with van der Waals surface area (Å²) < 4.78 is 49.3. The van der Waals surface area contributed by atoms with Crippen LogP contribution < -0.4 is 5.32 Å². The van der Waals surface area contributed by atoms with Gasteiger partial charge in [0.05, 0.1) is 22.3 Å². The van der Waals surface area contributed by atoms with Gasteiger partial charge in [0.1, 0.15) is 0 Å². The Morgan fingerprint density at radius 1 is 0.564 bits per heavy atom. The second-order valence-corrected chi connectivity index (χ2v) is 9.46. The molecule has 2 heterocycles. The van der Waals surface area contributed by atoms with E-state index in [0.717, 1.165) is 0 Å². The average Bonchev–Trinajstić information content (AvgIpc) is 2.91. The highest BCUT2D eigenvalue weighted by Gasteiger charge is 2.37. The van der Waals surface area contributed by atoms with Crippen LogP contribution in [0, 0.1) is 0 Å². The van der Waals surface area contributed by atoms with Gasteiger partial charge in [-0.05, 0) is 36.4 Å². The Labute approximate surface area is 222 Å². The zero-order valence-corrected chi connectivity index (χ0v) is 20.8. The number of nitrogens with one attached hydrogen (secondary N) is 1. The minimum atomic E-state index is -2.90. The molecule has 0 saturated heterocycles. The van der Waals surface area contributed by atoms with Gasteiger partial charge in [-0.25, -0.2) is 0 Å². The highest BCUT2D eigenvalue weighted by molar-refractivity contribution is 7.74. The molecule has 196 valence electrons. The van der Waals surface area contributed by atoms with E-state index in [0.29, 0.717) is 32.9 Å². The molecule has 39 heavy (non-hydrogen) atoms. The van der Waals surface area contributed by atoms with Crippen LogP contribution in [0.25, 0.3) is 21.5 Å². The molecule has 4 aromatic rings. The molecule has 4 amide bonds. The average molecular weight is 568 g/mol. The van der Waals surface area contributed by atoms with E-state index in [-0.39, 0.29) is 32.4 Å². The van der Waals surface area contributed by atoms with Crippen molar-refractivity contribution in [3.05, 3.63) is 82.9 Å². The molecule has 4 aromatic carbocycles. The quantitative estimate of drug-likeness (QED) is 0.230. The van der Waals surface area contributed by atoms with Gasteiger partial charge < -0.3 is 5.32 Å². The van der Waals surface area contributed by atoms with Gasteiger partial charge in [-0.3, -0.25) is 28.3 Å². The van der Waals surface area contributed by atoms with Crippen LogP contribution in [-0.4, -0.2) is 51.3 Å². The Kier molecular flexibility index (Phi) is 5.83. The molecule has 0 radical (unpaired) electrons. The third-order valence-electron chi connectivity index (χ3n) is 6.29. The minimum Gasteiger partial charge on any atom is -0.355 e. The molecule has 6 rings (SSSR count). The van der Waals surface area contributed by atoms with Crippen molar-refractivity contribution in [2.75, 3.05) is 5.32 Å². The third-order valence-corrected chi connectivity index (χ3v) is 6.84. The van der Waals surface area contributed by atoms with Crippen molar-refractivity contribution >= 4 is 79.3 Å². The topological polar surface area (TPSA) is 180 Å². The molecular weight excluding hydrogens is 554 g/mol. The van der Waals surface area contributed by atoms with E-state index in [1.165, 1.54) is 24.3 Å². The van der Waals surface area contributed by atoms with Gasteiger partial charge in [-0.2, -0.15) is 8.42 Å². The zero-order chi connectivity index (χ0) is 27.6. The number of anilines is 2. The summed E-state index contributed by atoms with van der Waals surface area (Å²) in [5.41, 5.74) is 1.25. The van der Waals surface area contributed by atoms with Crippen LogP contribution in [0.4, 0.5) is 11.4 Å². The number of nitrogens with zero attached hydrogens (tertiary/aromatic N) is 2. The number of hydrogen-bond acceptors (Lipinski definition) is 9. The van der Waals surface area contributed by atoms with E-state index in [2.05, 4.69) is 13.9 Å². The van der Waals surface area contributed by atoms with Crippen LogP contribution in [0.1, 0.15) is 41.4 Å². The second kappa shape index (κ2) is 9.12. The summed E-state index contributed by atoms with van der Waals surface area (Å²) in [5, 5.41) is 5.27. The number of carbonyl (C=O) groups is 4. The molecule has 0 saturated carbocycles. The molecule has 0 bridgehead atoms. The fraction of sp³-hybridized carbons (Fsp3) is 0. The summed E-state index contributed by atoms with van der Waals surface area (Å²) in [6.07, 6.45) is 0. The van der Waals surface area contributed by atoms with Gasteiger partial charge >= 0.3 is 22.7 Å². The van der Waals surface area contributed by atoms with Crippen LogP contribution in [0.5, 0.6) is 0 Å². The first-order valence-corrected chi connectivity index (χ1v) is 13.0. The van der Waals surface area contributed by atoms with E-state index in [4.69, 9.17) is 9.11 Å². The van der Waals surface area contributed by atoms with Crippen LogP contribution in [0.3, 0.4) is 0 Å². The normalized spacial score (nSPS) is 16.3. The molecule has 0 aliphatic carbocycles. The molecule has 0 spiro atoms. The van der Waals surface area contributed by atoms with Crippen LogP contribution >= 0.6 is 0 Å². The van der Waals surface area contributed by atoms with Crippen LogP contribution in [0.2, 0.25) is 0 Å². The molecule has 15 heteroatoms. The first kappa shape index (κ1) is 24.9. The van der Waals surface area contributed by atoms with E-state index in [1.807, 2.05) is 0 Å². The molecular formula is C24H13N3O10S2. The Balaban J connectivity index is 1.47. The van der Waals surface area contributed by atoms with Gasteiger partial charge in [-0.15, -0.1) is 18.7 Å². The number of carbonyl (C=O) groups excluding carboxylic acids is 4. The Morgan fingerprint density at radius 3 is 1.28 bits per heavy atom. The number of hydroxylamine groups is 4. The van der Waals surface area contributed by atoms with Crippen molar-refractivity contribution in [1.82, 2.24) is 10.1 Å². The lowest BCUT2D eigenvalue weighted by Gasteiger charge is -2.26. The molecule has 3 N–H and O–H groups in total. The van der Waals surface area contributed by atoms with Crippen molar-refractivity contribution in [1.29, 1.82) is 0 Å². The van der Waals surface area contributed by atoms with Gasteiger partial charge in [0, 0.05) is 32.9 Å². The smallest absolute Gasteiger partial charge is 0.325 e. The number of hydrogen-bond donors (Lipinski definition) is 3. The lowest BCUT2D eigenvalue weighted by molar-refractivity contribution is -0.0167. The fourth-order valence-corrected chi connectivity index (χ4v) is 5.30. The van der Waals surface area contributed by atoms with Crippen molar-refractivity contribution in [2.24, 2.45) is 0 Å². The van der Waals surface area contributed by atoms with E-state index in [1.54, 1.807) is 36.4 Å². The zero-order valence-electron chi connectivity index (χ0n) is 19.1. The number of amides is 4. The predicted octanol–water partition coefficient (Wildman–Crippen LogP) is 3.07. The lowest BCUT2D eigenvalue weighted by atomic mass is 9.92. The summed E-state index contributed by atoms with van der Waals surface area (Å²) in [6.45, 7) is 0. The van der Waals surface area contributed by atoms with Crippen molar-refractivity contribution < 1.29 is 45.3 Å².